The van der Waals surface area contributed by atoms with Crippen LogP contribution < -0.4 is 10.1 Å². The Balaban J connectivity index is 1.98. The summed E-state index contributed by atoms with van der Waals surface area (Å²) in [7, 11) is 0. The van der Waals surface area contributed by atoms with Gasteiger partial charge in [-0.1, -0.05) is 0 Å². The number of ether oxygens (including phenoxy) is 1. The van der Waals surface area contributed by atoms with Crippen molar-refractivity contribution in [2.24, 2.45) is 0 Å². The molecule has 3 rings (SSSR count). The van der Waals surface area contributed by atoms with E-state index < -0.39 is 0 Å². The minimum absolute atomic E-state index is 0.119. The van der Waals surface area contributed by atoms with E-state index >= 15 is 0 Å². The van der Waals surface area contributed by atoms with E-state index in [4.69, 9.17) is 4.74 Å². The van der Waals surface area contributed by atoms with E-state index in [9.17, 15) is 4.79 Å². The number of piperidine rings is 1. The second kappa shape index (κ2) is 3.81. The van der Waals surface area contributed by atoms with Gasteiger partial charge in [0.15, 0.2) is 5.78 Å². The molecule has 2 aliphatic heterocycles. The van der Waals surface area contributed by atoms with Gasteiger partial charge in [-0.3, -0.25) is 4.79 Å². The smallest absolute Gasteiger partial charge is 0.188 e. The fourth-order valence-corrected chi connectivity index (χ4v) is 2.64. The maximum Gasteiger partial charge on any atom is 0.188 e. The lowest BCUT2D eigenvalue weighted by atomic mass is 9.84. The molecule has 0 aromatic carbocycles. The summed E-state index contributed by atoms with van der Waals surface area (Å²) in [4.78, 5) is 16.3. The Morgan fingerprint density at radius 1 is 1.41 bits per heavy atom. The molecule has 1 fully saturated rings. The highest BCUT2D eigenvalue weighted by molar-refractivity contribution is 5.98. The van der Waals surface area contributed by atoms with Crippen molar-refractivity contribution >= 4 is 5.78 Å². The van der Waals surface area contributed by atoms with E-state index in [1.54, 1.807) is 6.20 Å². The van der Waals surface area contributed by atoms with Crippen LogP contribution in [-0.4, -0.2) is 29.5 Å². The number of carbonyl (C=O) groups excluding carboxylic acids is 1. The number of aryl methyl sites for hydroxylation is 1. The molecule has 17 heavy (non-hydrogen) atoms. The lowest BCUT2D eigenvalue weighted by Crippen LogP contribution is -2.49. The SMILES string of the molecule is Cc1cnc2c(c1)OC1(CCNCC1)CC2=O. The Morgan fingerprint density at radius 3 is 2.94 bits per heavy atom. The Labute approximate surface area is 100 Å². The summed E-state index contributed by atoms with van der Waals surface area (Å²) < 4.78 is 6.09. The van der Waals surface area contributed by atoms with Crippen LogP contribution in [0, 0.1) is 6.92 Å². The van der Waals surface area contributed by atoms with Crippen molar-refractivity contribution in [3.05, 3.63) is 23.5 Å². The summed E-state index contributed by atoms with van der Waals surface area (Å²) in [6, 6.07) is 1.92. The first-order valence-corrected chi connectivity index (χ1v) is 6.08. The fraction of sp³-hybridized carbons (Fsp3) is 0.538. The molecular weight excluding hydrogens is 216 g/mol. The van der Waals surface area contributed by atoms with Gasteiger partial charge in [0.2, 0.25) is 0 Å². The average molecular weight is 232 g/mol. The van der Waals surface area contributed by atoms with Crippen molar-refractivity contribution in [3.63, 3.8) is 0 Å². The maximum atomic E-state index is 12.1. The van der Waals surface area contributed by atoms with Gasteiger partial charge in [0.1, 0.15) is 17.0 Å². The predicted octanol–water partition coefficient (Wildman–Crippen LogP) is 1.48. The third kappa shape index (κ3) is 1.82. The van der Waals surface area contributed by atoms with Gasteiger partial charge < -0.3 is 10.1 Å². The van der Waals surface area contributed by atoms with Crippen LogP contribution >= 0.6 is 0 Å². The van der Waals surface area contributed by atoms with Crippen LogP contribution in [0.15, 0.2) is 12.3 Å². The van der Waals surface area contributed by atoms with E-state index in [0.29, 0.717) is 17.9 Å². The molecule has 1 spiro atoms. The Bertz CT molecular complexity index is 464. The van der Waals surface area contributed by atoms with Crippen LogP contribution in [0.4, 0.5) is 0 Å². The van der Waals surface area contributed by atoms with Gasteiger partial charge in [0, 0.05) is 19.0 Å². The number of Topliss-reactive ketones (excluding diaryl/α,β-unsaturated/α-hetero) is 1. The summed E-state index contributed by atoms with van der Waals surface area (Å²) >= 11 is 0. The van der Waals surface area contributed by atoms with Crippen LogP contribution in [0.5, 0.6) is 5.75 Å². The van der Waals surface area contributed by atoms with Crippen molar-refractivity contribution in [2.75, 3.05) is 13.1 Å². The van der Waals surface area contributed by atoms with Crippen LogP contribution in [0.2, 0.25) is 0 Å². The number of hydrogen-bond acceptors (Lipinski definition) is 4. The standard InChI is InChI=1S/C13H16N2O2/c1-9-6-11-12(15-8-9)10(16)7-13(17-11)2-4-14-5-3-13/h6,8,14H,2-5,7H2,1H3. The molecule has 4 nitrogen and oxygen atoms in total. The number of ketones is 1. The highest BCUT2D eigenvalue weighted by Crippen LogP contribution is 2.37. The minimum atomic E-state index is -0.287. The molecule has 3 heterocycles. The largest absolute Gasteiger partial charge is 0.484 e. The molecular formula is C13H16N2O2. The Hall–Kier alpha value is -1.42. The molecule has 0 atom stereocenters. The van der Waals surface area contributed by atoms with Gasteiger partial charge in [0.25, 0.3) is 0 Å². The average Bonchev–Trinajstić information content (AvgIpc) is 2.29. The van der Waals surface area contributed by atoms with Gasteiger partial charge in [-0.15, -0.1) is 0 Å². The predicted molar refractivity (Wildman–Crippen MR) is 63.4 cm³/mol. The van der Waals surface area contributed by atoms with Crippen molar-refractivity contribution in [3.8, 4) is 5.75 Å². The van der Waals surface area contributed by atoms with Crippen LogP contribution in [0.3, 0.4) is 0 Å². The molecule has 1 aromatic heterocycles. The molecule has 90 valence electrons. The van der Waals surface area contributed by atoms with E-state index in [1.807, 2.05) is 13.0 Å². The molecule has 0 saturated carbocycles. The first kappa shape index (κ1) is 10.7. The molecule has 4 heteroatoms. The number of hydrogen-bond donors (Lipinski definition) is 1. The molecule has 1 saturated heterocycles. The third-order valence-corrected chi connectivity index (χ3v) is 3.58. The zero-order chi connectivity index (χ0) is 11.9. The number of nitrogens with zero attached hydrogens (tertiary/aromatic N) is 1. The van der Waals surface area contributed by atoms with Crippen LogP contribution in [0.1, 0.15) is 35.3 Å². The monoisotopic (exact) mass is 232 g/mol. The van der Waals surface area contributed by atoms with Crippen LogP contribution in [-0.2, 0) is 0 Å². The zero-order valence-electron chi connectivity index (χ0n) is 9.95. The summed E-state index contributed by atoms with van der Waals surface area (Å²) in [5, 5.41) is 3.30. The molecule has 1 aromatic rings. The van der Waals surface area contributed by atoms with E-state index in [-0.39, 0.29) is 11.4 Å². The normalized spacial score (nSPS) is 22.1. The third-order valence-electron chi connectivity index (χ3n) is 3.58. The number of carbonyl (C=O) groups is 1. The molecule has 0 aliphatic carbocycles. The van der Waals surface area contributed by atoms with Crippen molar-refractivity contribution in [1.29, 1.82) is 0 Å². The Morgan fingerprint density at radius 2 is 2.18 bits per heavy atom. The summed E-state index contributed by atoms with van der Waals surface area (Å²) in [6.45, 7) is 3.80. The van der Waals surface area contributed by atoms with Crippen molar-refractivity contribution in [1.82, 2.24) is 10.3 Å². The molecule has 0 unspecified atom stereocenters. The molecule has 0 bridgehead atoms. The number of aromatic nitrogens is 1. The summed E-state index contributed by atoms with van der Waals surface area (Å²) in [6.07, 6.45) is 3.98. The summed E-state index contributed by atoms with van der Waals surface area (Å²) in [5.41, 5.74) is 1.24. The number of fused-ring (bicyclic) bond motifs is 1. The molecule has 0 amide bonds. The molecule has 2 aliphatic rings. The number of nitrogens with one attached hydrogen (secondary N) is 1. The highest BCUT2D eigenvalue weighted by atomic mass is 16.5. The Kier molecular flexibility index (Phi) is 2.40. The topological polar surface area (TPSA) is 51.2 Å². The van der Waals surface area contributed by atoms with Crippen molar-refractivity contribution < 1.29 is 9.53 Å². The van der Waals surface area contributed by atoms with E-state index in [1.165, 1.54) is 0 Å². The highest BCUT2D eigenvalue weighted by Gasteiger charge is 2.41. The first-order valence-electron chi connectivity index (χ1n) is 6.08. The fourth-order valence-electron chi connectivity index (χ4n) is 2.64. The number of pyridine rings is 1. The second-order valence-corrected chi connectivity index (χ2v) is 4.99. The maximum absolute atomic E-state index is 12.1. The first-order chi connectivity index (χ1) is 8.19. The van der Waals surface area contributed by atoms with Gasteiger partial charge >= 0.3 is 0 Å². The second-order valence-electron chi connectivity index (χ2n) is 4.99. The molecule has 0 radical (unpaired) electrons. The zero-order valence-corrected chi connectivity index (χ0v) is 9.95. The lowest BCUT2D eigenvalue weighted by molar-refractivity contribution is 0.0178. The quantitative estimate of drug-likeness (QED) is 0.736. The lowest BCUT2D eigenvalue weighted by Gasteiger charge is -2.40. The van der Waals surface area contributed by atoms with E-state index in [0.717, 1.165) is 31.5 Å². The van der Waals surface area contributed by atoms with Gasteiger partial charge in [0.05, 0.1) is 6.42 Å². The van der Waals surface area contributed by atoms with Gasteiger partial charge in [-0.05, 0) is 31.6 Å². The van der Waals surface area contributed by atoms with Crippen LogP contribution in [0.25, 0.3) is 0 Å². The van der Waals surface area contributed by atoms with Gasteiger partial charge in [-0.2, -0.15) is 0 Å². The number of rotatable bonds is 0. The minimum Gasteiger partial charge on any atom is -0.484 e. The summed E-state index contributed by atoms with van der Waals surface area (Å²) in [5.74, 6) is 0.788. The van der Waals surface area contributed by atoms with E-state index in [2.05, 4.69) is 10.3 Å². The molecule has 1 N–H and O–H groups in total. The van der Waals surface area contributed by atoms with Gasteiger partial charge in [-0.25, -0.2) is 4.98 Å². The van der Waals surface area contributed by atoms with Crippen molar-refractivity contribution in [2.45, 2.75) is 31.8 Å².